The molecule has 0 aromatic carbocycles. The van der Waals surface area contributed by atoms with Gasteiger partial charge in [-0.3, -0.25) is 76.7 Å². The summed E-state index contributed by atoms with van der Waals surface area (Å²) in [5.41, 5.74) is 22.4. The van der Waals surface area contributed by atoms with Gasteiger partial charge in [0.2, 0.25) is 88.6 Å². The average Bonchev–Trinajstić information content (AvgIpc) is 0.861. The molecule has 17 atom stereocenters. The maximum Gasteiger partial charge on any atom is 0.326 e. The van der Waals surface area contributed by atoms with Crippen LogP contribution in [0.15, 0.2) is 0 Å². The quantitative estimate of drug-likeness (QED) is 0.0252. The zero-order chi connectivity index (χ0) is 80.2. The number of carboxylic acid groups (broad SMARTS) is 2. The van der Waals surface area contributed by atoms with Crippen molar-refractivity contribution in [1.29, 1.82) is 0 Å². The number of unbranched alkanes of at least 4 members (excludes halogenated alkanes) is 1. The van der Waals surface area contributed by atoms with Crippen LogP contribution in [0.4, 0.5) is 0 Å². The molecule has 0 aliphatic heterocycles. The molecule has 0 aliphatic carbocycles. The number of nitrogens with two attached hydrogens (primary N) is 4. The normalized spacial score (nSPS) is 16.2. The molecule has 15 amide bonds. The summed E-state index contributed by atoms with van der Waals surface area (Å²) in [6.07, 6.45) is -3.25. The molecule has 0 saturated heterocycles. The first-order chi connectivity index (χ1) is 48.4. The van der Waals surface area contributed by atoms with E-state index in [9.17, 15) is 107 Å². The summed E-state index contributed by atoms with van der Waals surface area (Å²) in [7, 11) is 0. The third-order valence-electron chi connectivity index (χ3n) is 16.6. The Bertz CT molecular complexity index is 2940. The molecule has 39 heteroatoms. The number of rotatable bonds is 51. The van der Waals surface area contributed by atoms with Crippen LogP contribution in [-0.4, -0.2) is 237 Å². The summed E-state index contributed by atoms with van der Waals surface area (Å²) >= 11 is 0. The molecule has 0 aliphatic rings. The number of aliphatic hydroxyl groups is 3. The lowest BCUT2D eigenvalue weighted by Crippen LogP contribution is -2.62. The van der Waals surface area contributed by atoms with Crippen LogP contribution >= 0.6 is 0 Å². The third kappa shape index (κ3) is 34.8. The van der Waals surface area contributed by atoms with Crippen LogP contribution in [0.25, 0.3) is 0 Å². The number of hydrogen-bond donors (Lipinski definition) is 22. The summed E-state index contributed by atoms with van der Waals surface area (Å²) in [5.74, 6) is -20.5. The number of aliphatic hydroxyl groups excluding tert-OH is 3. The second-order valence-corrected chi connectivity index (χ2v) is 27.1. The fourth-order valence-corrected chi connectivity index (χ4v) is 10.00. The molecule has 104 heavy (non-hydrogen) atoms. The lowest BCUT2D eigenvalue weighted by atomic mass is 9.96. The minimum absolute atomic E-state index is 0.0260. The van der Waals surface area contributed by atoms with Gasteiger partial charge < -0.3 is 118 Å². The van der Waals surface area contributed by atoms with Gasteiger partial charge in [0.1, 0.15) is 78.5 Å². The highest BCUT2D eigenvalue weighted by Crippen LogP contribution is 2.15. The van der Waals surface area contributed by atoms with Crippen molar-refractivity contribution in [3.8, 4) is 0 Å². The summed E-state index contributed by atoms with van der Waals surface area (Å²) in [6, 6.07) is -21.8. The van der Waals surface area contributed by atoms with E-state index < -0.39 is 241 Å². The number of hydrogen-bond acceptors (Lipinski definition) is 22. The van der Waals surface area contributed by atoms with Gasteiger partial charge in [-0.2, -0.15) is 0 Å². The van der Waals surface area contributed by atoms with Crippen LogP contribution in [0.3, 0.4) is 0 Å². The zero-order valence-corrected chi connectivity index (χ0v) is 61.6. The van der Waals surface area contributed by atoms with E-state index in [0.29, 0.717) is 19.3 Å². The van der Waals surface area contributed by atoms with E-state index in [1.165, 1.54) is 20.8 Å². The van der Waals surface area contributed by atoms with Gasteiger partial charge in [0.15, 0.2) is 0 Å². The Labute approximate surface area is 604 Å². The second kappa shape index (κ2) is 47.9. The second-order valence-electron chi connectivity index (χ2n) is 27.1. The highest BCUT2D eigenvalue weighted by atomic mass is 16.4. The molecular formula is C65H115N17O22. The van der Waals surface area contributed by atoms with Gasteiger partial charge in [-0.05, 0) is 102 Å². The Hall–Kier alpha value is -9.21. The van der Waals surface area contributed by atoms with Crippen LogP contribution in [0, 0.1) is 29.6 Å². The van der Waals surface area contributed by atoms with Crippen LogP contribution in [0.2, 0.25) is 0 Å². The van der Waals surface area contributed by atoms with E-state index in [1.54, 1.807) is 41.5 Å². The van der Waals surface area contributed by atoms with Gasteiger partial charge in [-0.15, -0.1) is 0 Å². The first-order valence-electron chi connectivity index (χ1n) is 34.7. The summed E-state index contributed by atoms with van der Waals surface area (Å²) in [4.78, 5) is 225. The lowest BCUT2D eigenvalue weighted by molar-refractivity contribution is -0.143. The average molecular weight is 1490 g/mol. The van der Waals surface area contributed by atoms with E-state index in [0.717, 1.165) is 13.8 Å². The minimum Gasteiger partial charge on any atom is -0.481 e. The van der Waals surface area contributed by atoms with Gasteiger partial charge in [-0.1, -0.05) is 82.1 Å². The Morgan fingerprint density at radius 1 is 0.365 bits per heavy atom. The molecule has 0 heterocycles. The maximum atomic E-state index is 14.2. The van der Waals surface area contributed by atoms with Gasteiger partial charge >= 0.3 is 11.9 Å². The minimum atomic E-state index is -1.90. The van der Waals surface area contributed by atoms with Crippen molar-refractivity contribution >= 4 is 101 Å². The molecule has 0 aromatic heterocycles. The molecule has 26 N–H and O–H groups in total. The number of aliphatic carboxylic acids is 2. The van der Waals surface area contributed by atoms with Crippen molar-refractivity contribution in [3.05, 3.63) is 0 Å². The number of primary amides is 2. The Morgan fingerprint density at radius 2 is 0.721 bits per heavy atom. The molecule has 0 spiro atoms. The monoisotopic (exact) mass is 1490 g/mol. The van der Waals surface area contributed by atoms with E-state index in [4.69, 9.17) is 22.9 Å². The largest absolute Gasteiger partial charge is 0.481 e. The molecule has 0 fully saturated rings. The van der Waals surface area contributed by atoms with Crippen LogP contribution < -0.4 is 92.1 Å². The molecule has 0 unspecified atom stereocenters. The highest BCUT2D eigenvalue weighted by Gasteiger charge is 2.39. The maximum absolute atomic E-state index is 14.2. The van der Waals surface area contributed by atoms with Crippen molar-refractivity contribution < 1.29 is 107 Å². The first kappa shape index (κ1) is 94.8. The van der Waals surface area contributed by atoms with Crippen LogP contribution in [0.1, 0.15) is 167 Å². The van der Waals surface area contributed by atoms with Gasteiger partial charge in [-0.25, -0.2) is 4.79 Å². The summed E-state index contributed by atoms with van der Waals surface area (Å²) < 4.78 is 0. The van der Waals surface area contributed by atoms with Gasteiger partial charge in [0.05, 0.1) is 31.8 Å². The molecule has 592 valence electrons. The molecule has 0 aromatic rings. The Balaban J connectivity index is 6.50. The first-order valence-corrected chi connectivity index (χ1v) is 34.7. The molecule has 0 rings (SSSR count). The van der Waals surface area contributed by atoms with Crippen molar-refractivity contribution in [2.24, 2.45) is 52.5 Å². The van der Waals surface area contributed by atoms with Crippen LogP contribution in [0.5, 0.6) is 0 Å². The number of amides is 15. The zero-order valence-electron chi connectivity index (χ0n) is 61.6. The van der Waals surface area contributed by atoms with Crippen molar-refractivity contribution in [1.82, 2.24) is 69.1 Å². The topological polar surface area (TPSA) is 652 Å². The smallest absolute Gasteiger partial charge is 0.326 e. The van der Waals surface area contributed by atoms with Gasteiger partial charge in [0, 0.05) is 12.8 Å². The summed E-state index contributed by atoms with van der Waals surface area (Å²) in [5, 5.41) is 81.1. The SMILES string of the molecule is CC[C@H](C)[C@H](NC(=O)[C@H](C)NC(=O)[C@H](CC(N)=O)NC(=O)[C@H](CCCCN)NC(=O)[C@@H](NC(=O)[C@H](CC(C)C)NC(=O)[C@H](CO)NC(=O)[C@H](CO)NC(=O)[C@H](C)NC(=O)[C@@H](NC(=O)[C@H](CCC(=O)O)NC(=O)[C@@H](NC(=O)[C@@H](N)CC(C)C)[C@@H](C)CC)[C@@H](C)O)C(C)C)C(=O)N[C@@H](CCC(N)=O)C(=O)O. The Kier molecular flexibility index (Phi) is 43.7. The lowest BCUT2D eigenvalue weighted by Gasteiger charge is -2.29. The number of carboxylic acids is 2. The molecular weight excluding hydrogens is 1370 g/mol. The van der Waals surface area contributed by atoms with Crippen molar-refractivity contribution in [2.45, 2.75) is 258 Å². The van der Waals surface area contributed by atoms with E-state index in [-0.39, 0.29) is 56.9 Å². The van der Waals surface area contributed by atoms with Gasteiger partial charge in [0.25, 0.3) is 0 Å². The van der Waals surface area contributed by atoms with E-state index in [1.807, 2.05) is 13.8 Å². The number of carbonyl (C=O) groups is 17. The van der Waals surface area contributed by atoms with E-state index in [2.05, 4.69) is 69.1 Å². The van der Waals surface area contributed by atoms with Crippen molar-refractivity contribution in [2.75, 3.05) is 19.8 Å². The molecule has 39 nitrogen and oxygen atoms in total. The number of nitrogens with one attached hydrogen (secondary N) is 13. The van der Waals surface area contributed by atoms with E-state index >= 15 is 0 Å². The highest BCUT2D eigenvalue weighted by molar-refractivity contribution is 6.01. The van der Waals surface area contributed by atoms with Crippen LogP contribution in [-0.2, 0) is 81.5 Å². The fourth-order valence-electron chi connectivity index (χ4n) is 10.00. The Morgan fingerprint density at radius 3 is 1.15 bits per heavy atom. The molecule has 0 radical (unpaired) electrons. The third-order valence-corrected chi connectivity index (χ3v) is 16.6. The fraction of sp³-hybridized carbons (Fsp3) is 0.738. The molecule has 0 bridgehead atoms. The molecule has 0 saturated carbocycles. The summed E-state index contributed by atoms with van der Waals surface area (Å²) in [6.45, 7) is 17.9. The predicted octanol–water partition coefficient (Wildman–Crippen LogP) is -6.92. The predicted molar refractivity (Wildman–Crippen MR) is 373 cm³/mol. The number of carbonyl (C=O) groups excluding carboxylic acids is 15. The standard InChI is InChI=1S/C65H115N17O22/c1-14-32(9)49(63(101)74-40(65(103)104)19-21-45(68)86)80-53(91)35(12)70-57(95)42(26-46(69)87)76-55(93)38(18-16-17-23-66)72-61(99)48(31(7)8)79-58(96)41(25-30(5)6)75-59(97)44(28-84)78-60(98)43(27-83)77-52(90)34(11)71-64(102)51(36(13)85)82-56(94)39(20-22-47(88)89)73-62(100)50(33(10)15-2)81-54(92)37(67)24-29(3)4/h29-44,48-51,83-85H,14-28,66-67H2,1-13H3,(H2,68,86)(H2,69,87)(H,70,95)(H,71,102)(H,72,99)(H,73,100)(H,74,101)(H,75,97)(H,76,93)(H,77,90)(H,78,98)(H,79,96)(H,80,91)(H,81,92)(H,82,94)(H,88,89)(H,103,104)/t32-,33-,34-,35-,36+,37-,38-,39-,40-,41-,42-,43-,44-,48-,49-,50-,51-/m0/s1. The van der Waals surface area contributed by atoms with Crippen molar-refractivity contribution in [3.63, 3.8) is 0 Å².